The molecule has 168 valence electrons. The Balaban J connectivity index is 3.38. The lowest BCUT2D eigenvalue weighted by Crippen LogP contribution is -2.18. The van der Waals surface area contributed by atoms with E-state index in [-0.39, 0.29) is 0 Å². The largest absolute Gasteiger partial charge is 0.330 e. The molecule has 0 radical (unpaired) electrons. The van der Waals surface area contributed by atoms with Gasteiger partial charge in [0.25, 0.3) is 0 Å². The molecule has 3 nitrogen and oxygen atoms in total. The van der Waals surface area contributed by atoms with Gasteiger partial charge >= 0.3 is 0 Å². The lowest BCUT2D eigenvalue weighted by molar-refractivity contribution is 0.381. The predicted molar refractivity (Wildman–Crippen MR) is 128 cm³/mol. The monoisotopic (exact) mass is 395 g/mol. The van der Waals surface area contributed by atoms with E-state index in [2.05, 4.69) is 24.4 Å². The molecule has 0 saturated heterocycles. The highest BCUT2D eigenvalue weighted by molar-refractivity contribution is 4.81. The minimum atomic E-state index is 0.832. The molecule has 0 aliphatic heterocycles. The van der Waals surface area contributed by atoms with Crippen molar-refractivity contribution >= 4 is 0 Å². The van der Waals surface area contributed by atoms with E-state index in [4.69, 9.17) is 11.5 Å². The molecule has 0 heterocycles. The second-order valence-electron chi connectivity index (χ2n) is 8.50. The van der Waals surface area contributed by atoms with Crippen LogP contribution in [0.5, 0.6) is 0 Å². The number of allylic oxidation sites excluding steroid dienone is 2. The Bertz CT molecular complexity index is 304. The number of nitrogens with one attached hydrogen (secondary N) is 1. The molecule has 1 unspecified atom stereocenters. The van der Waals surface area contributed by atoms with Crippen LogP contribution >= 0.6 is 0 Å². The van der Waals surface area contributed by atoms with Crippen molar-refractivity contribution in [3.05, 3.63) is 12.2 Å². The van der Waals surface area contributed by atoms with Gasteiger partial charge in [0.2, 0.25) is 0 Å². The molecule has 0 aromatic heterocycles. The van der Waals surface area contributed by atoms with Gasteiger partial charge in [-0.3, -0.25) is 0 Å². The van der Waals surface area contributed by atoms with Gasteiger partial charge in [-0.1, -0.05) is 64.0 Å². The van der Waals surface area contributed by atoms with E-state index >= 15 is 0 Å². The van der Waals surface area contributed by atoms with Crippen LogP contribution in [0.3, 0.4) is 0 Å². The molecule has 0 rings (SSSR count). The van der Waals surface area contributed by atoms with Crippen molar-refractivity contribution in [1.82, 2.24) is 5.32 Å². The summed E-state index contributed by atoms with van der Waals surface area (Å²) in [7, 11) is 0. The normalized spacial score (nSPS) is 12.8. The number of unbranched alkanes of at least 4 members (excludes halogenated alkanes) is 9. The highest BCUT2D eigenvalue weighted by Crippen LogP contribution is 2.19. The van der Waals surface area contributed by atoms with Gasteiger partial charge in [0.15, 0.2) is 0 Å². The molecule has 0 amide bonds. The second-order valence-corrected chi connectivity index (χ2v) is 8.50. The summed E-state index contributed by atoms with van der Waals surface area (Å²) in [6.45, 7) is 6.29. The van der Waals surface area contributed by atoms with Crippen molar-refractivity contribution in [2.75, 3.05) is 26.2 Å². The zero-order chi connectivity index (χ0) is 20.5. The van der Waals surface area contributed by atoms with Crippen LogP contribution < -0.4 is 16.8 Å². The van der Waals surface area contributed by atoms with Crippen LogP contribution in [-0.4, -0.2) is 26.2 Å². The smallest absolute Gasteiger partial charge is 0.00488 e. The topological polar surface area (TPSA) is 64.1 Å². The maximum absolute atomic E-state index is 5.68. The van der Waals surface area contributed by atoms with Crippen LogP contribution in [0.1, 0.15) is 116 Å². The molecule has 1 atom stereocenters. The number of hydrogen-bond donors (Lipinski definition) is 3. The fourth-order valence-corrected chi connectivity index (χ4v) is 3.85. The van der Waals surface area contributed by atoms with Crippen LogP contribution in [0.4, 0.5) is 0 Å². The van der Waals surface area contributed by atoms with Gasteiger partial charge < -0.3 is 16.8 Å². The Morgan fingerprint density at radius 3 is 1.89 bits per heavy atom. The average Bonchev–Trinajstić information content (AvgIpc) is 2.71. The third kappa shape index (κ3) is 21.9. The molecule has 0 aromatic rings. The van der Waals surface area contributed by atoms with Gasteiger partial charge in [-0.05, 0) is 96.3 Å². The number of hydrogen-bond acceptors (Lipinski definition) is 3. The molecular formula is C25H53N3. The molecule has 0 saturated carbocycles. The summed E-state index contributed by atoms with van der Waals surface area (Å²) in [5.74, 6) is 0.855. The fraction of sp³-hybridized carbons (Fsp3) is 0.920. The van der Waals surface area contributed by atoms with Crippen LogP contribution in [0.2, 0.25) is 0 Å². The first-order chi connectivity index (χ1) is 13.8. The summed E-state index contributed by atoms with van der Waals surface area (Å²) in [6, 6.07) is 0. The molecule has 0 spiro atoms. The Kier molecular flexibility index (Phi) is 24.3. The Morgan fingerprint density at radius 2 is 1.18 bits per heavy atom. The molecule has 0 aliphatic carbocycles. The zero-order valence-corrected chi connectivity index (χ0v) is 19.2. The minimum Gasteiger partial charge on any atom is -0.330 e. The molecule has 5 N–H and O–H groups in total. The van der Waals surface area contributed by atoms with E-state index in [1.165, 1.54) is 122 Å². The highest BCUT2D eigenvalue weighted by Gasteiger charge is 2.07. The quantitative estimate of drug-likeness (QED) is 0.140. The van der Waals surface area contributed by atoms with Crippen molar-refractivity contribution in [2.24, 2.45) is 17.4 Å². The maximum atomic E-state index is 5.68. The van der Waals surface area contributed by atoms with E-state index in [0.717, 1.165) is 19.0 Å². The van der Waals surface area contributed by atoms with Crippen LogP contribution in [0.15, 0.2) is 12.2 Å². The van der Waals surface area contributed by atoms with Crippen molar-refractivity contribution < 1.29 is 0 Å². The van der Waals surface area contributed by atoms with E-state index in [0.29, 0.717) is 0 Å². The fourth-order valence-electron chi connectivity index (χ4n) is 3.85. The van der Waals surface area contributed by atoms with Crippen molar-refractivity contribution in [3.63, 3.8) is 0 Å². The average molecular weight is 396 g/mol. The first-order valence-corrected chi connectivity index (χ1v) is 12.6. The van der Waals surface area contributed by atoms with Gasteiger partial charge in [0.1, 0.15) is 0 Å². The minimum absolute atomic E-state index is 0.832. The predicted octanol–water partition coefficient (Wildman–Crippen LogP) is 6.32. The van der Waals surface area contributed by atoms with E-state index < -0.39 is 0 Å². The van der Waals surface area contributed by atoms with E-state index in [1.807, 2.05) is 0 Å². The highest BCUT2D eigenvalue weighted by atomic mass is 14.8. The van der Waals surface area contributed by atoms with Gasteiger partial charge in [-0.15, -0.1) is 0 Å². The zero-order valence-electron chi connectivity index (χ0n) is 19.2. The molecular weight excluding hydrogens is 342 g/mol. The Morgan fingerprint density at radius 1 is 0.607 bits per heavy atom. The van der Waals surface area contributed by atoms with Crippen molar-refractivity contribution in [3.8, 4) is 0 Å². The summed E-state index contributed by atoms with van der Waals surface area (Å²) in [5.41, 5.74) is 11.3. The first-order valence-electron chi connectivity index (χ1n) is 12.6. The maximum Gasteiger partial charge on any atom is -0.00488 e. The Hall–Kier alpha value is -0.380. The molecule has 28 heavy (non-hydrogen) atoms. The number of rotatable bonds is 23. The van der Waals surface area contributed by atoms with Crippen molar-refractivity contribution in [1.29, 1.82) is 0 Å². The van der Waals surface area contributed by atoms with Gasteiger partial charge in [-0.2, -0.15) is 0 Å². The lowest BCUT2D eigenvalue weighted by Gasteiger charge is -2.16. The van der Waals surface area contributed by atoms with Crippen molar-refractivity contribution in [2.45, 2.75) is 116 Å². The summed E-state index contributed by atoms with van der Waals surface area (Å²) in [4.78, 5) is 0. The third-order valence-corrected chi connectivity index (χ3v) is 5.71. The van der Waals surface area contributed by atoms with Gasteiger partial charge in [-0.25, -0.2) is 0 Å². The summed E-state index contributed by atoms with van der Waals surface area (Å²) in [5, 5.41) is 3.63. The van der Waals surface area contributed by atoms with Crippen LogP contribution in [0, 0.1) is 5.92 Å². The van der Waals surface area contributed by atoms with Crippen LogP contribution in [-0.2, 0) is 0 Å². The SMILES string of the molecule is CCCCCCCC/C=C\CCCCNCCCC(CCCN)CCCCN. The van der Waals surface area contributed by atoms with E-state index in [9.17, 15) is 0 Å². The standard InChI is InChI=1S/C25H53N3/c1-2-3-4-5-6-7-8-9-10-11-12-15-23-28-24-17-20-25(19-16-22-27)18-13-14-21-26/h9-10,25,28H,2-8,11-24,26-27H2,1H3/b10-9-. The molecule has 0 aromatic carbocycles. The molecule has 0 aliphatic rings. The van der Waals surface area contributed by atoms with Crippen LogP contribution in [0.25, 0.3) is 0 Å². The summed E-state index contributed by atoms with van der Waals surface area (Å²) in [6.07, 6.45) is 27.3. The molecule has 0 fully saturated rings. The lowest BCUT2D eigenvalue weighted by atomic mass is 9.92. The molecule has 0 bridgehead atoms. The number of nitrogens with two attached hydrogens (primary N) is 2. The molecule has 3 heteroatoms. The Labute approximate surface area is 177 Å². The third-order valence-electron chi connectivity index (χ3n) is 5.71. The van der Waals surface area contributed by atoms with Gasteiger partial charge in [0, 0.05) is 0 Å². The summed E-state index contributed by atoms with van der Waals surface area (Å²) < 4.78 is 0. The summed E-state index contributed by atoms with van der Waals surface area (Å²) >= 11 is 0. The first kappa shape index (κ1) is 27.6. The van der Waals surface area contributed by atoms with Gasteiger partial charge in [0.05, 0.1) is 0 Å². The van der Waals surface area contributed by atoms with E-state index in [1.54, 1.807) is 0 Å². The second kappa shape index (κ2) is 24.7.